The third-order valence-corrected chi connectivity index (χ3v) is 6.05. The number of hydrogen-bond acceptors (Lipinski definition) is 3. The van der Waals surface area contributed by atoms with Gasteiger partial charge in [0.05, 0.1) is 17.6 Å². The first-order valence-electron chi connectivity index (χ1n) is 8.63. The number of thiophene rings is 1. The SMILES string of the molecule is Cc1sc2c(c1C)c(=O)n(-c1ccc(F)cc1)c(=O)n2Cc1ccccc1F. The fourth-order valence-corrected chi connectivity index (χ4v) is 4.35. The summed E-state index contributed by atoms with van der Waals surface area (Å²) >= 11 is 1.33. The summed E-state index contributed by atoms with van der Waals surface area (Å²) in [5, 5.41) is 0.419. The second kappa shape index (κ2) is 6.83. The highest BCUT2D eigenvalue weighted by atomic mass is 32.1. The van der Waals surface area contributed by atoms with E-state index in [0.29, 0.717) is 15.8 Å². The molecule has 0 radical (unpaired) electrons. The quantitative estimate of drug-likeness (QED) is 0.520. The van der Waals surface area contributed by atoms with Crippen molar-refractivity contribution in [2.24, 2.45) is 0 Å². The molecule has 142 valence electrons. The number of benzene rings is 2. The van der Waals surface area contributed by atoms with E-state index in [-0.39, 0.29) is 12.2 Å². The molecule has 2 aromatic heterocycles. The summed E-state index contributed by atoms with van der Waals surface area (Å²) in [6, 6.07) is 11.4. The van der Waals surface area contributed by atoms with Gasteiger partial charge in [-0.05, 0) is 49.7 Å². The smallest absolute Gasteiger partial charge is 0.279 e. The van der Waals surface area contributed by atoms with Gasteiger partial charge in [0, 0.05) is 10.4 Å². The lowest BCUT2D eigenvalue weighted by atomic mass is 10.2. The van der Waals surface area contributed by atoms with Crippen LogP contribution in [0.15, 0.2) is 58.1 Å². The van der Waals surface area contributed by atoms with Crippen LogP contribution in [0.2, 0.25) is 0 Å². The van der Waals surface area contributed by atoms with Crippen molar-refractivity contribution in [3.8, 4) is 5.69 Å². The molecule has 0 unspecified atom stereocenters. The first-order chi connectivity index (χ1) is 13.4. The molecule has 0 saturated heterocycles. The van der Waals surface area contributed by atoms with E-state index in [1.54, 1.807) is 18.2 Å². The van der Waals surface area contributed by atoms with Crippen LogP contribution in [0.5, 0.6) is 0 Å². The van der Waals surface area contributed by atoms with E-state index in [9.17, 15) is 18.4 Å². The summed E-state index contributed by atoms with van der Waals surface area (Å²) in [5.41, 5.74) is 0.345. The van der Waals surface area contributed by atoms with E-state index in [1.165, 1.54) is 46.2 Å². The Kier molecular flexibility index (Phi) is 4.47. The van der Waals surface area contributed by atoms with Gasteiger partial charge in [-0.25, -0.2) is 18.1 Å². The lowest BCUT2D eigenvalue weighted by Gasteiger charge is -2.13. The number of nitrogens with zero attached hydrogens (tertiary/aromatic N) is 2. The van der Waals surface area contributed by atoms with E-state index in [0.717, 1.165) is 15.0 Å². The monoisotopic (exact) mass is 398 g/mol. The summed E-state index contributed by atoms with van der Waals surface area (Å²) < 4.78 is 30.0. The van der Waals surface area contributed by atoms with Crippen molar-refractivity contribution < 1.29 is 8.78 Å². The van der Waals surface area contributed by atoms with Gasteiger partial charge in [0.1, 0.15) is 16.5 Å². The van der Waals surface area contributed by atoms with E-state index >= 15 is 0 Å². The highest BCUT2D eigenvalue weighted by molar-refractivity contribution is 7.18. The minimum absolute atomic E-state index is 0.0110. The van der Waals surface area contributed by atoms with Crippen molar-refractivity contribution in [1.29, 1.82) is 0 Å². The molecule has 0 aliphatic heterocycles. The molecule has 0 aliphatic carbocycles. The van der Waals surface area contributed by atoms with Crippen molar-refractivity contribution in [3.63, 3.8) is 0 Å². The largest absolute Gasteiger partial charge is 0.337 e. The molecule has 0 saturated carbocycles. The van der Waals surface area contributed by atoms with Crippen molar-refractivity contribution >= 4 is 21.6 Å². The molecule has 0 spiro atoms. The molecule has 0 N–H and O–H groups in total. The molecular formula is C21H16F2N2O2S. The van der Waals surface area contributed by atoms with Crippen molar-refractivity contribution in [1.82, 2.24) is 9.13 Å². The second-order valence-electron chi connectivity index (χ2n) is 6.54. The maximum atomic E-state index is 14.2. The van der Waals surface area contributed by atoms with Crippen molar-refractivity contribution in [3.05, 3.63) is 97.0 Å². The summed E-state index contributed by atoms with van der Waals surface area (Å²) in [4.78, 5) is 27.8. The van der Waals surface area contributed by atoms with Crippen LogP contribution in [0.25, 0.3) is 15.9 Å². The summed E-state index contributed by atoms with van der Waals surface area (Å²) in [6.07, 6.45) is 0. The van der Waals surface area contributed by atoms with Crippen LogP contribution in [-0.4, -0.2) is 9.13 Å². The average Bonchev–Trinajstić information content (AvgIpc) is 2.97. The van der Waals surface area contributed by atoms with E-state index < -0.39 is 22.9 Å². The standard InChI is InChI=1S/C21H16F2N2O2S/c1-12-13(2)28-20-18(12)19(26)25(16-9-7-15(22)8-10-16)21(27)24(20)11-14-5-3-4-6-17(14)23/h3-10H,11H2,1-2H3. The minimum Gasteiger partial charge on any atom is -0.279 e. The van der Waals surface area contributed by atoms with Crippen LogP contribution in [0, 0.1) is 25.5 Å². The molecule has 2 heterocycles. The Morgan fingerprint density at radius 2 is 1.64 bits per heavy atom. The van der Waals surface area contributed by atoms with Gasteiger partial charge in [-0.2, -0.15) is 0 Å². The molecule has 28 heavy (non-hydrogen) atoms. The van der Waals surface area contributed by atoms with E-state index in [1.807, 2.05) is 13.8 Å². The molecule has 0 aliphatic rings. The molecule has 4 rings (SSSR count). The molecule has 4 nitrogen and oxygen atoms in total. The topological polar surface area (TPSA) is 44.0 Å². The average molecular weight is 398 g/mol. The van der Waals surface area contributed by atoms with Gasteiger partial charge in [-0.3, -0.25) is 9.36 Å². The van der Waals surface area contributed by atoms with Crippen LogP contribution in [0.3, 0.4) is 0 Å². The van der Waals surface area contributed by atoms with E-state index in [4.69, 9.17) is 0 Å². The number of hydrogen-bond donors (Lipinski definition) is 0. The van der Waals surface area contributed by atoms with Gasteiger partial charge in [0.15, 0.2) is 0 Å². The Hall–Kier alpha value is -3.06. The molecule has 0 amide bonds. The van der Waals surface area contributed by atoms with Gasteiger partial charge in [0.25, 0.3) is 5.56 Å². The number of aromatic nitrogens is 2. The predicted octanol–water partition coefficient (Wildman–Crippen LogP) is 4.16. The Bertz CT molecular complexity index is 1320. The lowest BCUT2D eigenvalue weighted by Crippen LogP contribution is -2.39. The Balaban J connectivity index is 2.07. The zero-order chi connectivity index (χ0) is 20.0. The number of rotatable bonds is 3. The Labute approximate surface area is 162 Å². The second-order valence-corrected chi connectivity index (χ2v) is 7.74. The fraction of sp³-hybridized carbons (Fsp3) is 0.143. The highest BCUT2D eigenvalue weighted by Gasteiger charge is 2.20. The van der Waals surface area contributed by atoms with Gasteiger partial charge < -0.3 is 0 Å². The number of fused-ring (bicyclic) bond motifs is 1. The number of halogens is 2. The molecule has 0 fully saturated rings. The molecule has 7 heteroatoms. The van der Waals surface area contributed by atoms with Gasteiger partial charge in [-0.1, -0.05) is 18.2 Å². The first-order valence-corrected chi connectivity index (χ1v) is 9.45. The Morgan fingerprint density at radius 1 is 0.964 bits per heavy atom. The minimum atomic E-state index is -0.589. The molecule has 0 atom stereocenters. The van der Waals surface area contributed by atoms with E-state index in [2.05, 4.69) is 0 Å². The molecule has 0 bridgehead atoms. The zero-order valence-electron chi connectivity index (χ0n) is 15.2. The van der Waals surface area contributed by atoms with Crippen LogP contribution >= 0.6 is 11.3 Å². The summed E-state index contributed by atoms with van der Waals surface area (Å²) in [7, 11) is 0. The summed E-state index contributed by atoms with van der Waals surface area (Å²) in [5.74, 6) is -0.890. The lowest BCUT2D eigenvalue weighted by molar-refractivity contribution is 0.594. The highest BCUT2D eigenvalue weighted by Crippen LogP contribution is 2.27. The third kappa shape index (κ3) is 2.88. The van der Waals surface area contributed by atoms with Crippen molar-refractivity contribution in [2.45, 2.75) is 20.4 Å². The van der Waals surface area contributed by atoms with Crippen LogP contribution < -0.4 is 11.2 Å². The van der Waals surface area contributed by atoms with Gasteiger partial charge in [-0.15, -0.1) is 11.3 Å². The maximum absolute atomic E-state index is 14.2. The predicted molar refractivity (Wildman–Crippen MR) is 107 cm³/mol. The Morgan fingerprint density at radius 3 is 2.32 bits per heavy atom. The first kappa shape index (κ1) is 18.3. The zero-order valence-corrected chi connectivity index (χ0v) is 16.0. The van der Waals surface area contributed by atoms with Crippen molar-refractivity contribution in [2.75, 3.05) is 0 Å². The summed E-state index contributed by atoms with van der Waals surface area (Å²) in [6.45, 7) is 3.69. The fourth-order valence-electron chi connectivity index (χ4n) is 3.21. The third-order valence-electron chi connectivity index (χ3n) is 4.82. The van der Waals surface area contributed by atoms with Crippen LogP contribution in [0.4, 0.5) is 8.78 Å². The normalized spacial score (nSPS) is 11.3. The number of aryl methyl sites for hydroxylation is 2. The van der Waals surface area contributed by atoms with Gasteiger partial charge >= 0.3 is 5.69 Å². The van der Waals surface area contributed by atoms with Gasteiger partial charge in [0.2, 0.25) is 0 Å². The molecular weight excluding hydrogens is 382 g/mol. The molecule has 2 aromatic carbocycles. The van der Waals surface area contributed by atoms with Crippen LogP contribution in [-0.2, 0) is 6.54 Å². The van der Waals surface area contributed by atoms with Crippen LogP contribution in [0.1, 0.15) is 16.0 Å². The molecule has 4 aromatic rings. The maximum Gasteiger partial charge on any atom is 0.337 e.